The van der Waals surface area contributed by atoms with Crippen LogP contribution in [-0.4, -0.2) is 6.61 Å². The highest BCUT2D eigenvalue weighted by molar-refractivity contribution is 5.45. The maximum absolute atomic E-state index is 13.2. The van der Waals surface area contributed by atoms with E-state index in [2.05, 4.69) is 6.07 Å². The molecular weight excluding hydrogens is 260 g/mol. The second-order valence-electron chi connectivity index (χ2n) is 4.32. The van der Waals surface area contributed by atoms with Crippen molar-refractivity contribution in [2.45, 2.75) is 13.3 Å². The van der Waals surface area contributed by atoms with Crippen molar-refractivity contribution < 1.29 is 13.5 Å². The molecule has 102 valence electrons. The molecule has 0 aliphatic heterocycles. The minimum absolute atomic E-state index is 0.276. The maximum Gasteiger partial charge on any atom is 0.126 e. The maximum atomic E-state index is 13.2. The minimum atomic E-state index is -0.625. The summed E-state index contributed by atoms with van der Waals surface area (Å²) in [6.07, 6.45) is 0.276. The van der Waals surface area contributed by atoms with Gasteiger partial charge in [0.1, 0.15) is 17.4 Å². The van der Waals surface area contributed by atoms with E-state index in [1.807, 2.05) is 6.92 Å². The van der Waals surface area contributed by atoms with E-state index in [9.17, 15) is 8.78 Å². The number of ether oxygens (including phenoxy) is 1. The third-order valence-electron chi connectivity index (χ3n) is 2.83. The molecule has 0 atom stereocenters. The summed E-state index contributed by atoms with van der Waals surface area (Å²) >= 11 is 0. The van der Waals surface area contributed by atoms with Crippen LogP contribution in [0, 0.1) is 23.0 Å². The first kappa shape index (κ1) is 14.0. The van der Waals surface area contributed by atoms with Gasteiger partial charge in [0.25, 0.3) is 0 Å². The molecule has 0 bridgehead atoms. The van der Waals surface area contributed by atoms with Gasteiger partial charge in [-0.05, 0) is 54.8 Å². The van der Waals surface area contributed by atoms with Crippen LogP contribution in [0.25, 0.3) is 0 Å². The Balaban J connectivity index is 2.36. The zero-order valence-electron chi connectivity index (χ0n) is 11.0. The Morgan fingerprint density at radius 1 is 1.10 bits per heavy atom. The number of hydrogen-bond donors (Lipinski definition) is 0. The van der Waals surface area contributed by atoms with Gasteiger partial charge in [0.15, 0.2) is 0 Å². The average Bonchev–Trinajstić information content (AvgIpc) is 2.38. The number of nitriles is 1. The minimum Gasteiger partial charge on any atom is -0.494 e. The van der Waals surface area contributed by atoms with Crippen LogP contribution in [0.2, 0.25) is 0 Å². The largest absolute Gasteiger partial charge is 0.494 e. The Bertz CT molecular complexity index is 642. The fourth-order valence-corrected chi connectivity index (χ4v) is 2.01. The van der Waals surface area contributed by atoms with E-state index in [0.717, 1.165) is 6.07 Å². The molecule has 2 aromatic rings. The molecule has 0 saturated carbocycles. The summed E-state index contributed by atoms with van der Waals surface area (Å²) in [6.45, 7) is 2.37. The smallest absolute Gasteiger partial charge is 0.126 e. The highest BCUT2D eigenvalue weighted by atomic mass is 19.1. The van der Waals surface area contributed by atoms with Gasteiger partial charge >= 0.3 is 0 Å². The summed E-state index contributed by atoms with van der Waals surface area (Å²) in [5.41, 5.74) is 1.63. The normalized spacial score (nSPS) is 10.1. The van der Waals surface area contributed by atoms with Gasteiger partial charge in [-0.1, -0.05) is 0 Å². The summed E-state index contributed by atoms with van der Waals surface area (Å²) in [5.74, 6) is -0.614. The molecule has 0 N–H and O–H groups in total. The summed E-state index contributed by atoms with van der Waals surface area (Å²) < 4.78 is 31.7. The van der Waals surface area contributed by atoms with Gasteiger partial charge in [-0.3, -0.25) is 0 Å². The molecule has 20 heavy (non-hydrogen) atoms. The average molecular weight is 273 g/mol. The lowest BCUT2D eigenvalue weighted by molar-refractivity contribution is 0.340. The molecule has 0 radical (unpaired) electrons. The number of benzene rings is 2. The molecule has 0 aliphatic rings. The van der Waals surface area contributed by atoms with E-state index in [1.54, 1.807) is 18.2 Å². The Morgan fingerprint density at radius 2 is 1.80 bits per heavy atom. The Hall–Kier alpha value is -2.41. The fraction of sp³-hybridized carbons (Fsp3) is 0.188. The van der Waals surface area contributed by atoms with E-state index in [-0.39, 0.29) is 6.42 Å². The molecule has 0 saturated heterocycles. The first-order valence-corrected chi connectivity index (χ1v) is 6.23. The SMILES string of the molecule is CCOc1ccc(C#N)c(Cc2cc(F)cc(F)c2)c1. The molecule has 2 rings (SSSR count). The van der Waals surface area contributed by atoms with E-state index in [1.165, 1.54) is 12.1 Å². The van der Waals surface area contributed by atoms with Crippen molar-refractivity contribution in [3.8, 4) is 11.8 Å². The Labute approximate surface area is 116 Å². The fourth-order valence-electron chi connectivity index (χ4n) is 2.01. The number of nitrogens with zero attached hydrogens (tertiary/aromatic N) is 1. The first-order chi connectivity index (χ1) is 9.62. The number of halogens is 2. The molecule has 0 unspecified atom stereocenters. The highest BCUT2D eigenvalue weighted by Crippen LogP contribution is 2.21. The van der Waals surface area contributed by atoms with E-state index in [4.69, 9.17) is 10.00 Å². The third kappa shape index (κ3) is 3.33. The quantitative estimate of drug-likeness (QED) is 0.848. The lowest BCUT2D eigenvalue weighted by Gasteiger charge is -2.08. The van der Waals surface area contributed by atoms with Crippen LogP contribution in [0.15, 0.2) is 36.4 Å². The molecule has 0 amide bonds. The van der Waals surface area contributed by atoms with Crippen LogP contribution in [-0.2, 0) is 6.42 Å². The van der Waals surface area contributed by atoms with Gasteiger partial charge in [-0.15, -0.1) is 0 Å². The van der Waals surface area contributed by atoms with Crippen LogP contribution in [0.1, 0.15) is 23.6 Å². The van der Waals surface area contributed by atoms with Crippen molar-refractivity contribution in [1.29, 1.82) is 5.26 Å². The predicted octanol–water partition coefficient (Wildman–Crippen LogP) is 3.83. The molecule has 2 aromatic carbocycles. The van der Waals surface area contributed by atoms with Crippen LogP contribution in [0.5, 0.6) is 5.75 Å². The molecule has 0 heterocycles. The van der Waals surface area contributed by atoms with Crippen molar-refractivity contribution in [3.63, 3.8) is 0 Å². The summed E-state index contributed by atoms with van der Waals surface area (Å²) in [6, 6.07) is 10.5. The van der Waals surface area contributed by atoms with Crippen molar-refractivity contribution in [2.75, 3.05) is 6.61 Å². The van der Waals surface area contributed by atoms with Crippen LogP contribution >= 0.6 is 0 Å². The lowest BCUT2D eigenvalue weighted by atomic mass is 10.00. The number of hydrogen-bond acceptors (Lipinski definition) is 2. The van der Waals surface area contributed by atoms with Gasteiger partial charge in [0.05, 0.1) is 18.2 Å². The summed E-state index contributed by atoms with van der Waals surface area (Å²) in [5, 5.41) is 9.09. The molecule has 0 fully saturated rings. The van der Waals surface area contributed by atoms with Crippen LogP contribution in [0.3, 0.4) is 0 Å². The first-order valence-electron chi connectivity index (χ1n) is 6.23. The summed E-state index contributed by atoms with van der Waals surface area (Å²) in [7, 11) is 0. The van der Waals surface area contributed by atoms with Gasteiger partial charge in [-0.2, -0.15) is 5.26 Å². The molecule has 0 spiro atoms. The molecular formula is C16H13F2NO. The van der Waals surface area contributed by atoms with E-state index >= 15 is 0 Å². The Morgan fingerprint density at radius 3 is 2.40 bits per heavy atom. The predicted molar refractivity (Wildman–Crippen MR) is 71.5 cm³/mol. The van der Waals surface area contributed by atoms with E-state index < -0.39 is 11.6 Å². The lowest BCUT2D eigenvalue weighted by Crippen LogP contribution is -1.97. The molecule has 2 nitrogen and oxygen atoms in total. The monoisotopic (exact) mass is 273 g/mol. The van der Waals surface area contributed by atoms with Gasteiger partial charge in [-0.25, -0.2) is 8.78 Å². The van der Waals surface area contributed by atoms with Crippen molar-refractivity contribution in [2.24, 2.45) is 0 Å². The molecule has 4 heteroatoms. The van der Waals surface area contributed by atoms with Crippen LogP contribution in [0.4, 0.5) is 8.78 Å². The third-order valence-corrected chi connectivity index (χ3v) is 2.83. The van der Waals surface area contributed by atoms with Gasteiger partial charge < -0.3 is 4.74 Å². The second kappa shape index (κ2) is 6.16. The zero-order valence-corrected chi connectivity index (χ0v) is 11.0. The molecule has 0 aromatic heterocycles. The number of rotatable bonds is 4. The van der Waals surface area contributed by atoms with Gasteiger partial charge in [0, 0.05) is 6.07 Å². The molecule has 0 aliphatic carbocycles. The second-order valence-corrected chi connectivity index (χ2v) is 4.32. The standard InChI is InChI=1S/C16H13F2NO/c1-2-20-16-4-3-12(10-19)13(8-16)5-11-6-14(17)9-15(18)7-11/h3-4,6-9H,2,5H2,1H3. The zero-order chi connectivity index (χ0) is 14.5. The highest BCUT2D eigenvalue weighted by Gasteiger charge is 2.08. The topological polar surface area (TPSA) is 33.0 Å². The summed E-state index contributed by atoms with van der Waals surface area (Å²) in [4.78, 5) is 0. The van der Waals surface area contributed by atoms with Gasteiger partial charge in [0.2, 0.25) is 0 Å². The van der Waals surface area contributed by atoms with Crippen molar-refractivity contribution in [1.82, 2.24) is 0 Å². The van der Waals surface area contributed by atoms with Crippen LogP contribution < -0.4 is 4.74 Å². The van der Waals surface area contributed by atoms with Crippen molar-refractivity contribution in [3.05, 3.63) is 64.7 Å². The van der Waals surface area contributed by atoms with Crippen molar-refractivity contribution >= 4 is 0 Å². The van der Waals surface area contributed by atoms with E-state index in [0.29, 0.717) is 29.0 Å². The Kier molecular flexibility index (Phi) is 4.31.